The summed E-state index contributed by atoms with van der Waals surface area (Å²) in [7, 11) is 0. The molecule has 0 saturated carbocycles. The van der Waals surface area contributed by atoms with Crippen LogP contribution in [-0.2, 0) is 6.54 Å². The lowest BCUT2D eigenvalue weighted by Gasteiger charge is -2.12. The highest BCUT2D eigenvalue weighted by molar-refractivity contribution is 5.89. The Balaban J connectivity index is 1.91. The number of amides is 2. The largest absolute Gasteiger partial charge is 0.487 e. The number of anilines is 1. The smallest absolute Gasteiger partial charge is 0.319 e. The average Bonchev–Trinajstić information content (AvgIpc) is 2.54. The normalized spacial score (nSPS) is 10.4. The Morgan fingerprint density at radius 3 is 2.70 bits per heavy atom. The van der Waals surface area contributed by atoms with Crippen molar-refractivity contribution in [1.29, 1.82) is 0 Å². The van der Waals surface area contributed by atoms with Crippen LogP contribution >= 0.6 is 0 Å². The minimum atomic E-state index is -2.55. The fraction of sp³-hybridized carbons (Fsp3) is 0.250. The molecule has 1 heterocycles. The number of halogens is 2. The predicted molar refractivity (Wildman–Crippen MR) is 82.8 cm³/mol. The summed E-state index contributed by atoms with van der Waals surface area (Å²) in [4.78, 5) is 15.7. The van der Waals surface area contributed by atoms with Gasteiger partial charge in [0.1, 0.15) is 12.4 Å². The summed E-state index contributed by atoms with van der Waals surface area (Å²) >= 11 is 0. The van der Waals surface area contributed by atoms with Crippen LogP contribution in [0.25, 0.3) is 0 Å². The molecule has 1 aromatic heterocycles. The van der Waals surface area contributed by atoms with E-state index >= 15 is 0 Å². The highest BCUT2D eigenvalue weighted by Gasteiger charge is 2.08. The summed E-state index contributed by atoms with van der Waals surface area (Å²) in [6.45, 7) is 1.42. The third-order valence-corrected chi connectivity index (χ3v) is 3.01. The lowest BCUT2D eigenvalue weighted by molar-refractivity contribution is 0.0816. The van der Waals surface area contributed by atoms with Crippen molar-refractivity contribution < 1.29 is 18.3 Å². The second-order valence-corrected chi connectivity index (χ2v) is 4.85. The third kappa shape index (κ3) is 5.54. The molecule has 0 atom stereocenters. The first-order valence-electron chi connectivity index (χ1n) is 7.00. The number of nitrogens with one attached hydrogen (secondary N) is 2. The zero-order valence-corrected chi connectivity index (χ0v) is 12.6. The van der Waals surface area contributed by atoms with Gasteiger partial charge in [0.05, 0.1) is 0 Å². The van der Waals surface area contributed by atoms with Gasteiger partial charge in [-0.05, 0) is 36.2 Å². The van der Waals surface area contributed by atoms with Gasteiger partial charge in [0.15, 0.2) is 0 Å². The number of carbonyl (C=O) groups excluding carboxylic acids is 1. The second-order valence-electron chi connectivity index (χ2n) is 4.85. The molecule has 1 aromatic carbocycles. The van der Waals surface area contributed by atoms with Crippen molar-refractivity contribution in [2.75, 3.05) is 11.9 Å². The molecule has 5 nitrogen and oxygen atoms in total. The molecule has 0 saturated heterocycles. The zero-order valence-electron chi connectivity index (χ0n) is 12.6. The Bertz CT molecular complexity index is 651. The first-order chi connectivity index (χ1) is 11.0. The number of nitrogens with zero attached hydrogens (tertiary/aromatic N) is 1. The molecule has 0 aliphatic rings. The highest BCUT2D eigenvalue weighted by Crippen LogP contribution is 2.23. The number of pyridine rings is 1. The third-order valence-electron chi connectivity index (χ3n) is 3.01. The fourth-order valence-electron chi connectivity index (χ4n) is 1.84. The molecule has 2 amide bonds. The van der Waals surface area contributed by atoms with Crippen molar-refractivity contribution in [2.45, 2.75) is 19.9 Å². The second kappa shape index (κ2) is 8.07. The Kier molecular flexibility index (Phi) is 5.85. The first kappa shape index (κ1) is 16.7. The number of hydrogen-bond donors (Lipinski definition) is 2. The molecule has 2 N–H and O–H groups in total. The molecule has 0 spiro atoms. The van der Waals surface area contributed by atoms with Gasteiger partial charge in [-0.25, -0.2) is 13.6 Å². The number of rotatable bonds is 6. The quantitative estimate of drug-likeness (QED) is 0.857. The molecule has 0 radical (unpaired) electrons. The van der Waals surface area contributed by atoms with E-state index in [4.69, 9.17) is 4.74 Å². The minimum absolute atomic E-state index is 0.317. The number of carbonyl (C=O) groups is 1. The molecule has 0 fully saturated rings. The van der Waals surface area contributed by atoms with E-state index < -0.39 is 19.1 Å². The number of alkyl halides is 2. The molecular formula is C16H17F2N3O2. The first-order valence-corrected chi connectivity index (χ1v) is 7.00. The van der Waals surface area contributed by atoms with Crippen LogP contribution < -0.4 is 15.4 Å². The maximum atomic E-state index is 12.2. The van der Waals surface area contributed by atoms with Gasteiger partial charge < -0.3 is 15.4 Å². The van der Waals surface area contributed by atoms with Crippen LogP contribution in [0.2, 0.25) is 0 Å². The van der Waals surface area contributed by atoms with Gasteiger partial charge in [0.2, 0.25) is 0 Å². The summed E-state index contributed by atoms with van der Waals surface area (Å²) < 4.78 is 29.5. The summed E-state index contributed by atoms with van der Waals surface area (Å²) in [5, 5.41) is 5.33. The van der Waals surface area contributed by atoms with E-state index in [1.54, 1.807) is 43.6 Å². The number of aromatic nitrogens is 1. The number of benzene rings is 1. The lowest BCUT2D eigenvalue weighted by atomic mass is 10.2. The van der Waals surface area contributed by atoms with Gasteiger partial charge in [0.25, 0.3) is 6.43 Å². The number of aryl methyl sites for hydroxylation is 1. The SMILES string of the molecule is Cc1ccc(NC(=O)NCc2ccncc2)cc1OCC(F)F. The molecule has 2 rings (SSSR count). The summed E-state index contributed by atoms with van der Waals surface area (Å²) in [5.74, 6) is 0.317. The summed E-state index contributed by atoms with van der Waals surface area (Å²) in [6.07, 6.45) is 0.734. The van der Waals surface area contributed by atoms with Crippen molar-refractivity contribution in [3.05, 3.63) is 53.9 Å². The molecule has 0 aliphatic carbocycles. The Labute approximate surface area is 132 Å². The van der Waals surface area contributed by atoms with Gasteiger partial charge in [-0.1, -0.05) is 6.07 Å². The van der Waals surface area contributed by atoms with Crippen molar-refractivity contribution in [3.63, 3.8) is 0 Å². The van der Waals surface area contributed by atoms with Gasteiger partial charge >= 0.3 is 6.03 Å². The van der Waals surface area contributed by atoms with E-state index in [0.717, 1.165) is 5.56 Å². The lowest BCUT2D eigenvalue weighted by Crippen LogP contribution is -2.28. The Morgan fingerprint density at radius 2 is 2.00 bits per heavy atom. The van der Waals surface area contributed by atoms with Crippen molar-refractivity contribution in [1.82, 2.24) is 10.3 Å². The molecule has 0 aliphatic heterocycles. The molecular weight excluding hydrogens is 304 g/mol. The zero-order chi connectivity index (χ0) is 16.7. The molecule has 0 bridgehead atoms. The fourth-order valence-corrected chi connectivity index (χ4v) is 1.84. The Morgan fingerprint density at radius 1 is 1.26 bits per heavy atom. The number of urea groups is 1. The van der Waals surface area contributed by atoms with E-state index in [0.29, 0.717) is 23.5 Å². The van der Waals surface area contributed by atoms with Crippen LogP contribution in [-0.4, -0.2) is 24.0 Å². The van der Waals surface area contributed by atoms with E-state index in [1.807, 2.05) is 0 Å². The standard InChI is InChI=1S/C16H17F2N3O2/c1-11-2-3-13(8-14(11)23-10-15(17)18)21-16(22)20-9-12-4-6-19-7-5-12/h2-8,15H,9-10H2,1H3,(H2,20,21,22). The summed E-state index contributed by atoms with van der Waals surface area (Å²) in [6, 6.07) is 8.08. The van der Waals surface area contributed by atoms with Crippen LogP contribution in [0.1, 0.15) is 11.1 Å². The maximum Gasteiger partial charge on any atom is 0.319 e. The van der Waals surface area contributed by atoms with E-state index in [9.17, 15) is 13.6 Å². The highest BCUT2D eigenvalue weighted by atomic mass is 19.3. The van der Waals surface area contributed by atoms with Crippen LogP contribution in [0, 0.1) is 6.92 Å². The molecule has 122 valence electrons. The number of hydrogen-bond acceptors (Lipinski definition) is 3. The van der Waals surface area contributed by atoms with Crippen LogP contribution in [0.5, 0.6) is 5.75 Å². The van der Waals surface area contributed by atoms with E-state index in [2.05, 4.69) is 15.6 Å². The monoisotopic (exact) mass is 321 g/mol. The van der Waals surface area contributed by atoms with Gasteiger partial charge in [0, 0.05) is 30.7 Å². The predicted octanol–water partition coefficient (Wildman–Crippen LogP) is 3.36. The van der Waals surface area contributed by atoms with Gasteiger partial charge in [-0.2, -0.15) is 0 Å². The van der Waals surface area contributed by atoms with Gasteiger partial charge in [-0.3, -0.25) is 4.98 Å². The average molecular weight is 321 g/mol. The number of ether oxygens (including phenoxy) is 1. The van der Waals surface area contributed by atoms with E-state index in [1.165, 1.54) is 6.07 Å². The van der Waals surface area contributed by atoms with Crippen LogP contribution in [0.4, 0.5) is 19.3 Å². The van der Waals surface area contributed by atoms with Crippen molar-refractivity contribution in [2.24, 2.45) is 0 Å². The van der Waals surface area contributed by atoms with Gasteiger partial charge in [-0.15, -0.1) is 0 Å². The Hall–Kier alpha value is -2.70. The molecule has 23 heavy (non-hydrogen) atoms. The summed E-state index contributed by atoms with van der Waals surface area (Å²) in [5.41, 5.74) is 2.10. The van der Waals surface area contributed by atoms with Crippen molar-refractivity contribution >= 4 is 11.7 Å². The minimum Gasteiger partial charge on any atom is -0.487 e. The van der Waals surface area contributed by atoms with E-state index in [-0.39, 0.29) is 0 Å². The molecule has 0 unspecified atom stereocenters. The van der Waals surface area contributed by atoms with Crippen LogP contribution in [0.15, 0.2) is 42.7 Å². The molecule has 7 heteroatoms. The van der Waals surface area contributed by atoms with Crippen molar-refractivity contribution in [3.8, 4) is 5.75 Å². The molecule has 2 aromatic rings. The van der Waals surface area contributed by atoms with Crippen LogP contribution in [0.3, 0.4) is 0 Å². The topological polar surface area (TPSA) is 63.2 Å². The maximum absolute atomic E-state index is 12.2.